The van der Waals surface area contributed by atoms with Crippen molar-refractivity contribution in [2.45, 2.75) is 19.9 Å². The van der Waals surface area contributed by atoms with Crippen LogP contribution in [0.5, 0.6) is 0 Å². The maximum absolute atomic E-state index is 12.5. The number of likely N-dealkylation sites (N-methyl/N-ethyl adjacent to an activating group) is 1. The normalized spacial score (nSPS) is 12.3. The van der Waals surface area contributed by atoms with E-state index in [4.69, 9.17) is 0 Å². The fraction of sp³-hybridized carbons (Fsp3) is 0.190. The van der Waals surface area contributed by atoms with Crippen molar-refractivity contribution in [2.24, 2.45) is 0 Å². The molecule has 1 unspecified atom stereocenters. The maximum Gasteiger partial charge on any atom is 0.246 e. The largest absolute Gasteiger partial charge is 0.335 e. The Morgan fingerprint density at radius 1 is 1.12 bits per heavy atom. The van der Waals surface area contributed by atoms with Crippen LogP contribution in [0.2, 0.25) is 0 Å². The van der Waals surface area contributed by atoms with E-state index in [0.29, 0.717) is 0 Å². The van der Waals surface area contributed by atoms with Crippen molar-refractivity contribution in [1.82, 2.24) is 19.7 Å². The minimum atomic E-state index is -0.0324. The lowest BCUT2D eigenvalue weighted by Gasteiger charge is -2.24. The standard InChI is InChI=1S/C21H22N4O/c1-16-4-6-18(7-5-16)8-13-21(26)24(3)17(2)19-9-11-20(12-10-19)25-15-22-14-23-25/h4-15,17H,1-3H3/b13-8+. The van der Waals surface area contributed by atoms with Crippen molar-refractivity contribution in [1.29, 1.82) is 0 Å². The number of benzene rings is 2. The smallest absolute Gasteiger partial charge is 0.246 e. The minimum Gasteiger partial charge on any atom is -0.335 e. The zero-order valence-electron chi connectivity index (χ0n) is 15.2. The van der Waals surface area contributed by atoms with E-state index in [1.165, 1.54) is 11.9 Å². The van der Waals surface area contributed by atoms with E-state index in [1.54, 1.807) is 22.0 Å². The van der Waals surface area contributed by atoms with E-state index in [1.807, 2.05) is 75.5 Å². The fourth-order valence-corrected chi connectivity index (χ4v) is 2.62. The molecule has 26 heavy (non-hydrogen) atoms. The summed E-state index contributed by atoms with van der Waals surface area (Å²) in [5.41, 5.74) is 4.22. The zero-order chi connectivity index (χ0) is 18.5. The lowest BCUT2D eigenvalue weighted by atomic mass is 10.1. The number of carbonyl (C=O) groups excluding carboxylic acids is 1. The molecule has 0 radical (unpaired) electrons. The molecule has 5 heteroatoms. The summed E-state index contributed by atoms with van der Waals surface area (Å²) in [5.74, 6) is -0.0292. The summed E-state index contributed by atoms with van der Waals surface area (Å²) in [6.45, 7) is 4.06. The van der Waals surface area contributed by atoms with Gasteiger partial charge < -0.3 is 4.90 Å². The first-order valence-corrected chi connectivity index (χ1v) is 8.51. The highest BCUT2D eigenvalue weighted by Crippen LogP contribution is 2.20. The second kappa shape index (κ2) is 7.78. The Bertz CT molecular complexity index is 881. The van der Waals surface area contributed by atoms with E-state index in [-0.39, 0.29) is 11.9 Å². The summed E-state index contributed by atoms with van der Waals surface area (Å²) >= 11 is 0. The quantitative estimate of drug-likeness (QED) is 0.660. The van der Waals surface area contributed by atoms with Gasteiger partial charge in [-0.3, -0.25) is 4.79 Å². The van der Waals surface area contributed by atoms with Crippen LogP contribution in [0.25, 0.3) is 11.8 Å². The molecule has 3 aromatic rings. The summed E-state index contributed by atoms with van der Waals surface area (Å²) in [6, 6.07) is 16.0. The molecule has 0 aliphatic carbocycles. The van der Waals surface area contributed by atoms with Crippen LogP contribution in [0.1, 0.15) is 29.7 Å². The Labute approximate surface area is 153 Å². The molecule has 0 N–H and O–H groups in total. The monoisotopic (exact) mass is 346 g/mol. The molecule has 0 saturated carbocycles. The highest BCUT2D eigenvalue weighted by Gasteiger charge is 2.15. The van der Waals surface area contributed by atoms with Gasteiger partial charge in [0.05, 0.1) is 11.7 Å². The SMILES string of the molecule is Cc1ccc(/C=C/C(=O)N(C)C(C)c2ccc(-n3cncn3)cc2)cc1. The average molecular weight is 346 g/mol. The van der Waals surface area contributed by atoms with E-state index in [0.717, 1.165) is 16.8 Å². The lowest BCUT2D eigenvalue weighted by Crippen LogP contribution is -2.27. The van der Waals surface area contributed by atoms with Crippen LogP contribution in [-0.4, -0.2) is 32.6 Å². The first kappa shape index (κ1) is 17.6. The second-order valence-electron chi connectivity index (χ2n) is 6.30. The van der Waals surface area contributed by atoms with E-state index in [9.17, 15) is 4.79 Å². The molecule has 1 heterocycles. The minimum absolute atomic E-state index is 0.0292. The van der Waals surface area contributed by atoms with Crippen molar-refractivity contribution in [3.8, 4) is 5.69 Å². The summed E-state index contributed by atoms with van der Waals surface area (Å²) in [4.78, 5) is 18.1. The van der Waals surface area contributed by atoms with Gasteiger partial charge in [0.1, 0.15) is 12.7 Å². The summed E-state index contributed by atoms with van der Waals surface area (Å²) < 4.78 is 1.70. The molecule has 0 saturated heterocycles. The van der Waals surface area contributed by atoms with Crippen LogP contribution >= 0.6 is 0 Å². The molecule has 3 rings (SSSR count). The molecular weight excluding hydrogens is 324 g/mol. The third-order valence-corrected chi connectivity index (χ3v) is 4.48. The molecule has 0 bridgehead atoms. The number of amides is 1. The van der Waals surface area contributed by atoms with Crippen molar-refractivity contribution in [2.75, 3.05) is 7.05 Å². The highest BCUT2D eigenvalue weighted by atomic mass is 16.2. The number of aromatic nitrogens is 3. The van der Waals surface area contributed by atoms with Crippen LogP contribution in [0.3, 0.4) is 0 Å². The van der Waals surface area contributed by atoms with Crippen molar-refractivity contribution >= 4 is 12.0 Å². The van der Waals surface area contributed by atoms with Gasteiger partial charge >= 0.3 is 0 Å². The van der Waals surface area contributed by atoms with Gasteiger partial charge in [-0.15, -0.1) is 0 Å². The Kier molecular flexibility index (Phi) is 5.27. The summed E-state index contributed by atoms with van der Waals surface area (Å²) in [6.07, 6.45) is 6.62. The molecule has 0 aliphatic rings. The number of hydrogen-bond donors (Lipinski definition) is 0. The fourth-order valence-electron chi connectivity index (χ4n) is 2.62. The van der Waals surface area contributed by atoms with Gasteiger partial charge in [-0.05, 0) is 43.2 Å². The van der Waals surface area contributed by atoms with Crippen molar-refractivity contribution in [3.63, 3.8) is 0 Å². The van der Waals surface area contributed by atoms with Crippen molar-refractivity contribution < 1.29 is 4.79 Å². The van der Waals surface area contributed by atoms with Gasteiger partial charge in [-0.2, -0.15) is 5.10 Å². The molecule has 2 aromatic carbocycles. The summed E-state index contributed by atoms with van der Waals surface area (Å²) in [5, 5.41) is 4.11. The van der Waals surface area contributed by atoms with Gasteiger partial charge in [0, 0.05) is 13.1 Å². The zero-order valence-corrected chi connectivity index (χ0v) is 15.2. The Balaban J connectivity index is 1.67. The first-order valence-electron chi connectivity index (χ1n) is 8.51. The average Bonchev–Trinajstić information content (AvgIpc) is 3.21. The van der Waals surface area contributed by atoms with Crippen LogP contribution in [0.4, 0.5) is 0 Å². The van der Waals surface area contributed by atoms with Crippen LogP contribution in [0.15, 0.2) is 67.3 Å². The van der Waals surface area contributed by atoms with Gasteiger partial charge in [0.25, 0.3) is 0 Å². The number of aryl methyl sites for hydroxylation is 1. The Morgan fingerprint density at radius 2 is 1.81 bits per heavy atom. The Morgan fingerprint density at radius 3 is 2.42 bits per heavy atom. The molecule has 5 nitrogen and oxygen atoms in total. The number of hydrogen-bond acceptors (Lipinski definition) is 3. The third kappa shape index (κ3) is 4.06. The predicted molar refractivity (Wildman–Crippen MR) is 103 cm³/mol. The Hall–Kier alpha value is -3.21. The van der Waals surface area contributed by atoms with E-state index >= 15 is 0 Å². The highest BCUT2D eigenvalue weighted by molar-refractivity contribution is 5.91. The second-order valence-corrected chi connectivity index (χ2v) is 6.30. The van der Waals surface area contributed by atoms with Crippen LogP contribution < -0.4 is 0 Å². The van der Waals surface area contributed by atoms with E-state index in [2.05, 4.69) is 10.1 Å². The number of rotatable bonds is 5. The van der Waals surface area contributed by atoms with Gasteiger partial charge in [-0.1, -0.05) is 42.0 Å². The van der Waals surface area contributed by atoms with Gasteiger partial charge in [-0.25, -0.2) is 9.67 Å². The maximum atomic E-state index is 12.5. The molecule has 0 fully saturated rings. The predicted octanol–water partition coefficient (Wildman–Crippen LogP) is 3.81. The molecule has 132 valence electrons. The van der Waals surface area contributed by atoms with Crippen molar-refractivity contribution in [3.05, 3.63) is 84.0 Å². The van der Waals surface area contributed by atoms with Gasteiger partial charge in [0.15, 0.2) is 0 Å². The third-order valence-electron chi connectivity index (χ3n) is 4.48. The summed E-state index contributed by atoms with van der Waals surface area (Å²) in [7, 11) is 1.82. The van der Waals surface area contributed by atoms with E-state index < -0.39 is 0 Å². The molecule has 1 atom stereocenters. The first-order chi connectivity index (χ1) is 12.5. The van der Waals surface area contributed by atoms with Gasteiger partial charge in [0.2, 0.25) is 5.91 Å². The molecule has 1 amide bonds. The topological polar surface area (TPSA) is 51.0 Å². The van der Waals surface area contributed by atoms with Crippen LogP contribution in [-0.2, 0) is 4.79 Å². The molecular formula is C21H22N4O. The number of carbonyl (C=O) groups is 1. The molecule has 0 spiro atoms. The molecule has 1 aromatic heterocycles. The van der Waals surface area contributed by atoms with Crippen LogP contribution in [0, 0.1) is 6.92 Å². The molecule has 0 aliphatic heterocycles. The number of nitrogens with zero attached hydrogens (tertiary/aromatic N) is 4. The lowest BCUT2D eigenvalue weighted by molar-refractivity contribution is -0.126.